The molecule has 0 rings (SSSR count). The summed E-state index contributed by atoms with van der Waals surface area (Å²) in [5, 5.41) is 8.26. The van der Waals surface area contributed by atoms with E-state index in [4.69, 9.17) is 9.89 Å². The van der Waals surface area contributed by atoms with Crippen molar-refractivity contribution in [3.63, 3.8) is 0 Å². The number of carbonyl (C=O) groups is 1. The van der Waals surface area contributed by atoms with Crippen LogP contribution in [0.2, 0.25) is 0 Å². The molecule has 0 aromatic carbocycles. The minimum atomic E-state index is -3.20. The molecule has 0 saturated heterocycles. The Bertz CT molecular complexity index is 284. The molecule has 0 aromatic heterocycles. The van der Waals surface area contributed by atoms with Crippen LogP contribution in [0.25, 0.3) is 0 Å². The Labute approximate surface area is 77.9 Å². The number of hydrogen-bond acceptors (Lipinski definition) is 3. The molecule has 0 radical (unpaired) electrons. The fourth-order valence-corrected chi connectivity index (χ4v) is 2.24. The van der Waals surface area contributed by atoms with Gasteiger partial charge in [-0.15, -0.1) is 6.58 Å². The molecule has 2 atom stereocenters. The molecule has 6 heteroatoms. The van der Waals surface area contributed by atoms with E-state index in [1.807, 2.05) is 0 Å². The summed E-state index contributed by atoms with van der Waals surface area (Å²) in [6.07, 6.45) is 0.851. The van der Waals surface area contributed by atoms with Gasteiger partial charge < -0.3 is 5.11 Å². The number of carboxylic acid groups (broad SMARTS) is 1. The topological polar surface area (TPSA) is 90.3 Å². The Kier molecular flexibility index (Phi) is 4.47. The third kappa shape index (κ3) is 6.15. The highest BCUT2D eigenvalue weighted by Gasteiger charge is 2.13. The van der Waals surface area contributed by atoms with E-state index >= 15 is 0 Å². The summed E-state index contributed by atoms with van der Waals surface area (Å²) in [5.41, 5.74) is 0. The number of hydrogen-bond donors (Lipinski definition) is 3. The first kappa shape index (κ1) is 12.0. The Balaban J connectivity index is 4.17. The first-order chi connectivity index (χ1) is 5.87. The van der Waals surface area contributed by atoms with Crippen LogP contribution in [0.15, 0.2) is 12.7 Å². The zero-order valence-electron chi connectivity index (χ0n) is 7.45. The minimum Gasteiger partial charge on any atom is -0.464 e. The van der Waals surface area contributed by atoms with E-state index in [1.54, 1.807) is 17.7 Å². The predicted molar refractivity (Wildman–Crippen MR) is 50.9 cm³/mol. The summed E-state index contributed by atoms with van der Waals surface area (Å²) >= 11 is 0. The third-order valence-corrected chi connectivity index (χ3v) is 2.88. The molecule has 0 aliphatic heterocycles. The number of rotatable bonds is 5. The highest BCUT2D eigenvalue weighted by molar-refractivity contribution is 7.91. The SMILES string of the molecule is C=CCC(C)CS(=N)(=O)NC(=O)O. The number of nitrogens with one attached hydrogen (secondary N) is 2. The maximum absolute atomic E-state index is 11.2. The van der Waals surface area contributed by atoms with Crippen LogP contribution in [0.4, 0.5) is 4.79 Å². The summed E-state index contributed by atoms with van der Waals surface area (Å²) in [6.45, 7) is 5.29. The molecule has 1 amide bonds. The number of amides is 1. The van der Waals surface area contributed by atoms with Crippen LogP contribution in [-0.4, -0.2) is 21.2 Å². The van der Waals surface area contributed by atoms with Gasteiger partial charge in [-0.1, -0.05) is 13.0 Å². The normalized spacial score (nSPS) is 17.0. The maximum atomic E-state index is 11.2. The quantitative estimate of drug-likeness (QED) is 0.594. The van der Waals surface area contributed by atoms with Gasteiger partial charge in [0.1, 0.15) is 9.92 Å². The molecule has 0 bridgehead atoms. The molecule has 3 N–H and O–H groups in total. The van der Waals surface area contributed by atoms with Crippen LogP contribution in [0.5, 0.6) is 0 Å². The first-order valence-electron chi connectivity index (χ1n) is 3.75. The molecule has 2 unspecified atom stereocenters. The average molecular weight is 206 g/mol. The van der Waals surface area contributed by atoms with Gasteiger partial charge in [-0.25, -0.2) is 18.5 Å². The van der Waals surface area contributed by atoms with Crippen LogP contribution >= 0.6 is 0 Å². The Morgan fingerprint density at radius 2 is 2.38 bits per heavy atom. The summed E-state index contributed by atoms with van der Waals surface area (Å²) in [4.78, 5) is 10.1. The second kappa shape index (κ2) is 4.86. The van der Waals surface area contributed by atoms with E-state index in [2.05, 4.69) is 6.58 Å². The van der Waals surface area contributed by atoms with E-state index in [0.717, 1.165) is 0 Å². The second-order valence-electron chi connectivity index (χ2n) is 2.88. The number of allylic oxidation sites excluding steroid dienone is 1. The van der Waals surface area contributed by atoms with Gasteiger partial charge in [-0.3, -0.25) is 0 Å². The highest BCUT2D eigenvalue weighted by atomic mass is 32.2. The molecule has 0 aliphatic carbocycles. The lowest BCUT2D eigenvalue weighted by molar-refractivity contribution is 0.201. The molecule has 0 fully saturated rings. The van der Waals surface area contributed by atoms with Gasteiger partial charge in [0.25, 0.3) is 0 Å². The molecular weight excluding hydrogens is 192 g/mol. The lowest BCUT2D eigenvalue weighted by Gasteiger charge is -2.11. The van der Waals surface area contributed by atoms with Gasteiger partial charge in [-0.05, 0) is 12.3 Å². The highest BCUT2D eigenvalue weighted by Crippen LogP contribution is 2.05. The molecule has 0 aromatic rings. The van der Waals surface area contributed by atoms with E-state index in [-0.39, 0.29) is 11.7 Å². The molecule has 5 nitrogen and oxygen atoms in total. The lowest BCUT2D eigenvalue weighted by Crippen LogP contribution is -2.32. The van der Waals surface area contributed by atoms with Crippen LogP contribution in [-0.2, 0) is 9.92 Å². The van der Waals surface area contributed by atoms with Crippen LogP contribution in [0.3, 0.4) is 0 Å². The van der Waals surface area contributed by atoms with Gasteiger partial charge in [0.15, 0.2) is 0 Å². The van der Waals surface area contributed by atoms with Crippen molar-refractivity contribution in [3.05, 3.63) is 12.7 Å². The fraction of sp³-hybridized carbons (Fsp3) is 0.571. The smallest absolute Gasteiger partial charge is 0.417 e. The van der Waals surface area contributed by atoms with E-state index in [1.165, 1.54) is 0 Å². The Hall–Kier alpha value is -1.04. The minimum absolute atomic E-state index is 0.00523. The molecule has 76 valence electrons. The maximum Gasteiger partial charge on any atom is 0.417 e. The van der Waals surface area contributed by atoms with E-state index in [0.29, 0.717) is 6.42 Å². The second-order valence-corrected chi connectivity index (χ2v) is 4.77. The van der Waals surface area contributed by atoms with E-state index < -0.39 is 16.0 Å². The standard InChI is InChI=1S/C7H14N2O3S/c1-3-4-6(2)5-13(8,12)9-7(10)11/h3,6H,1,4-5H2,2H3,(H,10,11)(H2,8,9,12). The van der Waals surface area contributed by atoms with Crippen molar-refractivity contribution in [3.8, 4) is 0 Å². The van der Waals surface area contributed by atoms with Gasteiger partial charge in [0, 0.05) is 0 Å². The molecule has 0 aliphatic rings. The summed E-state index contributed by atoms with van der Waals surface area (Å²) in [5.74, 6) is 0.0139. The van der Waals surface area contributed by atoms with E-state index in [9.17, 15) is 9.00 Å². The molecule has 0 spiro atoms. The summed E-state index contributed by atoms with van der Waals surface area (Å²) < 4.78 is 20.1. The molecule has 0 saturated carbocycles. The zero-order chi connectivity index (χ0) is 10.5. The van der Waals surface area contributed by atoms with Crippen molar-refractivity contribution in [2.75, 3.05) is 5.75 Å². The third-order valence-electron chi connectivity index (χ3n) is 1.34. The molecule has 13 heavy (non-hydrogen) atoms. The van der Waals surface area contributed by atoms with Gasteiger partial charge >= 0.3 is 6.09 Å². The monoisotopic (exact) mass is 206 g/mol. The summed E-state index contributed by atoms with van der Waals surface area (Å²) in [6, 6.07) is 0. The predicted octanol–water partition coefficient (Wildman–Crippen LogP) is 1.43. The molecular formula is C7H14N2O3S. The van der Waals surface area contributed by atoms with Crippen molar-refractivity contribution in [2.45, 2.75) is 13.3 Å². The Morgan fingerprint density at radius 1 is 1.85 bits per heavy atom. The van der Waals surface area contributed by atoms with Crippen LogP contribution < -0.4 is 4.72 Å². The van der Waals surface area contributed by atoms with Crippen molar-refractivity contribution in [1.82, 2.24) is 4.72 Å². The van der Waals surface area contributed by atoms with Crippen molar-refractivity contribution < 1.29 is 14.1 Å². The van der Waals surface area contributed by atoms with Crippen LogP contribution in [0, 0.1) is 10.7 Å². The average Bonchev–Trinajstić information content (AvgIpc) is 1.81. The zero-order valence-corrected chi connectivity index (χ0v) is 8.26. The van der Waals surface area contributed by atoms with Crippen LogP contribution in [0.1, 0.15) is 13.3 Å². The van der Waals surface area contributed by atoms with Gasteiger partial charge in [0.05, 0.1) is 5.75 Å². The van der Waals surface area contributed by atoms with Crippen molar-refractivity contribution in [1.29, 1.82) is 4.78 Å². The lowest BCUT2D eigenvalue weighted by atomic mass is 10.1. The van der Waals surface area contributed by atoms with Gasteiger partial charge in [-0.2, -0.15) is 0 Å². The largest absolute Gasteiger partial charge is 0.464 e. The van der Waals surface area contributed by atoms with Gasteiger partial charge in [0.2, 0.25) is 0 Å². The summed E-state index contributed by atoms with van der Waals surface area (Å²) in [7, 11) is -3.20. The fourth-order valence-electron chi connectivity index (χ4n) is 0.936. The van der Waals surface area contributed by atoms with Crippen molar-refractivity contribution >= 4 is 16.0 Å². The Morgan fingerprint density at radius 3 is 2.77 bits per heavy atom. The van der Waals surface area contributed by atoms with Crippen molar-refractivity contribution in [2.24, 2.45) is 5.92 Å². The molecule has 0 heterocycles. The first-order valence-corrected chi connectivity index (χ1v) is 5.48.